The summed E-state index contributed by atoms with van der Waals surface area (Å²) < 4.78 is 23.1. The zero-order valence-electron chi connectivity index (χ0n) is 4.21. The molecule has 0 aromatic heterocycles. The molecule has 0 atom stereocenters. The van der Waals surface area contributed by atoms with Crippen molar-refractivity contribution in [2.24, 2.45) is 0 Å². The molecule has 0 unspecified atom stereocenters. The topological polar surface area (TPSA) is 215 Å². The van der Waals surface area contributed by atoms with Gasteiger partial charge < -0.3 is 27.4 Å². The van der Waals surface area contributed by atoms with Gasteiger partial charge in [0.1, 0.15) is 0 Å². The van der Waals surface area contributed by atoms with E-state index in [0.29, 0.717) is 0 Å². The maximum absolute atomic E-state index is 8.76. The Labute approximate surface area is 83.4 Å². The van der Waals surface area contributed by atoms with Crippen LogP contribution in [0.3, 0.4) is 0 Å². The van der Waals surface area contributed by atoms with Crippen molar-refractivity contribution in [2.75, 3.05) is 0 Å². The number of hydrogen-bond acceptors (Lipinski definition) is 1. The molecule has 0 saturated carbocycles. The summed E-state index contributed by atoms with van der Waals surface area (Å²) in [6, 6.07) is 0. The van der Waals surface area contributed by atoms with Crippen LogP contribution in [0.4, 0.5) is 0 Å². The van der Waals surface area contributed by atoms with E-state index in [1.54, 1.807) is 0 Å². The minimum absolute atomic E-state index is 0. The van der Waals surface area contributed by atoms with Gasteiger partial charge in [0.05, 0.1) is 0 Å². The molecular formula is H13NaO8Se. The van der Waals surface area contributed by atoms with Crippen molar-refractivity contribution in [3.63, 3.8) is 0 Å². The van der Waals surface area contributed by atoms with Crippen LogP contribution in [0.15, 0.2) is 0 Å². The van der Waals surface area contributed by atoms with Gasteiger partial charge in [0.25, 0.3) is 0 Å². The van der Waals surface area contributed by atoms with E-state index in [1.165, 1.54) is 0 Å². The maximum atomic E-state index is 8.76. The summed E-state index contributed by atoms with van der Waals surface area (Å²) in [5, 5.41) is 0. The summed E-state index contributed by atoms with van der Waals surface area (Å²) in [6.45, 7) is 0. The molecule has 0 fully saturated rings. The normalized spacial score (nSPS) is 3.50. The molecular weight excluding hydrogens is 230 g/mol. The molecule has 10 heteroatoms. The van der Waals surface area contributed by atoms with Crippen molar-refractivity contribution in [3.05, 3.63) is 0 Å². The van der Waals surface area contributed by atoms with Crippen LogP contribution in [0.25, 0.3) is 0 Å². The van der Waals surface area contributed by atoms with Gasteiger partial charge in [-0.3, -0.25) is 0 Å². The Bertz CT molecular complexity index is 32.2. The third-order valence-electron chi connectivity index (χ3n) is 0. The van der Waals surface area contributed by atoms with Crippen molar-refractivity contribution >= 4 is 44.0 Å². The molecule has 12 N–H and O–H groups in total. The summed E-state index contributed by atoms with van der Waals surface area (Å²) in [5.41, 5.74) is 0. The first-order valence-electron chi connectivity index (χ1n) is 0.532. The van der Waals surface area contributed by atoms with Gasteiger partial charge in [-0.05, 0) is 0 Å². The molecule has 0 rings (SSSR count). The Kier molecular flexibility index (Phi) is 343. The summed E-state index contributed by atoms with van der Waals surface area (Å²) in [6.07, 6.45) is 0. The van der Waals surface area contributed by atoms with E-state index in [9.17, 15) is 0 Å². The van der Waals surface area contributed by atoms with Gasteiger partial charge in [-0.1, -0.05) is 0 Å². The quantitative estimate of drug-likeness (QED) is 0.397. The fraction of sp³-hybridized carbons (Fsp3) is 0. The minimum atomic E-state index is -3.29. The van der Waals surface area contributed by atoms with E-state index in [4.69, 9.17) is 12.2 Å². The summed E-state index contributed by atoms with van der Waals surface area (Å²) in [4.78, 5) is 0. The first kappa shape index (κ1) is 68.2. The predicted octanol–water partition coefficient (Wildman–Crippen LogP) is -6.39. The molecule has 0 aromatic rings. The zero-order valence-corrected chi connectivity index (χ0v) is 5.92. The number of hydrogen-bond donors (Lipinski definition) is 2. The number of rotatable bonds is 0. The van der Waals surface area contributed by atoms with Gasteiger partial charge in [0, 0.05) is 0 Å². The monoisotopic (exact) mass is 244 g/mol. The summed E-state index contributed by atoms with van der Waals surface area (Å²) in [5.74, 6) is 0. The Balaban J connectivity index is -0.00000000300. The van der Waals surface area contributed by atoms with Crippen molar-refractivity contribution in [1.82, 2.24) is 0 Å². The average molecular weight is 243 g/mol. The van der Waals surface area contributed by atoms with E-state index in [2.05, 4.69) is 0 Å². The van der Waals surface area contributed by atoms with E-state index in [1.807, 2.05) is 0 Å². The van der Waals surface area contributed by atoms with Crippen LogP contribution < -0.4 is 0 Å². The van der Waals surface area contributed by atoms with Crippen LogP contribution >= 0.6 is 0 Å². The molecule has 0 aliphatic rings. The molecule has 8 nitrogen and oxygen atoms in total. The molecule has 0 spiro atoms. The predicted molar refractivity (Wildman–Crippen MR) is 36.1 cm³/mol. The summed E-state index contributed by atoms with van der Waals surface area (Å²) >= 11 is -3.29. The molecule has 68 valence electrons. The molecule has 0 aromatic carbocycles. The standard InChI is InChI=1S/Na.H2O3Se.5H2O.H/c;1-4(2)3;;;;;;/h;(H2,1,2,3);5*1H2;. The fourth-order valence-electron chi connectivity index (χ4n) is 0. The van der Waals surface area contributed by atoms with Crippen molar-refractivity contribution in [2.45, 2.75) is 0 Å². The van der Waals surface area contributed by atoms with Gasteiger partial charge in [-0.2, -0.15) is 0 Å². The molecule has 0 aliphatic heterocycles. The second kappa shape index (κ2) is 50.3. The Hall–Kier alpha value is 1.04. The second-order valence-corrected chi connectivity index (χ2v) is 1.20. The first-order chi connectivity index (χ1) is 1.73. The molecule has 0 radical (unpaired) electrons. The van der Waals surface area contributed by atoms with Crippen molar-refractivity contribution in [1.29, 1.82) is 0 Å². The van der Waals surface area contributed by atoms with Crippen LogP contribution in [0.2, 0.25) is 0 Å². The van der Waals surface area contributed by atoms with Crippen LogP contribution in [0, 0.1) is 0 Å². The van der Waals surface area contributed by atoms with E-state index < -0.39 is 14.5 Å². The Morgan fingerprint density at radius 2 is 0.800 bits per heavy atom. The van der Waals surface area contributed by atoms with Crippen LogP contribution in [0.5, 0.6) is 0 Å². The fourth-order valence-corrected chi connectivity index (χ4v) is 0. The Morgan fingerprint density at radius 3 is 0.800 bits per heavy atom. The third-order valence-corrected chi connectivity index (χ3v) is 0. The molecule has 0 aliphatic carbocycles. The molecule has 0 saturated heterocycles. The third kappa shape index (κ3) is 541. The summed E-state index contributed by atoms with van der Waals surface area (Å²) in [7, 11) is 0. The van der Waals surface area contributed by atoms with E-state index >= 15 is 0 Å². The molecule has 10 heavy (non-hydrogen) atoms. The van der Waals surface area contributed by atoms with Crippen LogP contribution in [0.1, 0.15) is 0 Å². The van der Waals surface area contributed by atoms with Gasteiger partial charge in [-0.25, -0.2) is 0 Å². The van der Waals surface area contributed by atoms with Crippen molar-refractivity contribution in [3.8, 4) is 0 Å². The first-order valence-corrected chi connectivity index (χ1v) is 2.76. The van der Waals surface area contributed by atoms with Gasteiger partial charge in [0.2, 0.25) is 0 Å². The van der Waals surface area contributed by atoms with E-state index in [0.717, 1.165) is 0 Å². The molecule has 0 amide bonds. The second-order valence-electron chi connectivity index (χ2n) is 0.231. The van der Waals surface area contributed by atoms with Gasteiger partial charge in [0.15, 0.2) is 0 Å². The van der Waals surface area contributed by atoms with Crippen molar-refractivity contribution < 1.29 is 39.6 Å². The molecule has 0 heterocycles. The van der Waals surface area contributed by atoms with Crippen LogP contribution in [-0.2, 0) is 3.83 Å². The Morgan fingerprint density at radius 1 is 0.800 bits per heavy atom. The zero-order chi connectivity index (χ0) is 3.58. The van der Waals surface area contributed by atoms with Gasteiger partial charge in [-0.15, -0.1) is 0 Å². The van der Waals surface area contributed by atoms with Gasteiger partial charge >= 0.3 is 56.3 Å². The molecule has 0 bridgehead atoms. The van der Waals surface area contributed by atoms with E-state index in [-0.39, 0.29) is 56.9 Å². The van der Waals surface area contributed by atoms with Crippen LogP contribution in [-0.4, -0.2) is 79.8 Å². The average Bonchev–Trinajstić information content (AvgIpc) is 0.811. The SMILES string of the molecule is O.O.O.O.O.O=[Se](O)O.[NaH].